The number of nitrogens with zero attached hydrogens (tertiary/aromatic N) is 2. The molecule has 5 nitrogen and oxygen atoms in total. The van der Waals surface area contributed by atoms with Crippen LogP contribution in [-0.2, 0) is 4.74 Å². The number of carbonyl (C=O) groups excluding carboxylic acids is 1. The van der Waals surface area contributed by atoms with Crippen LogP contribution in [0, 0.1) is 13.8 Å². The van der Waals surface area contributed by atoms with Gasteiger partial charge in [-0.2, -0.15) is 0 Å². The van der Waals surface area contributed by atoms with Gasteiger partial charge in [-0.1, -0.05) is 0 Å². The second kappa shape index (κ2) is 5.05. The van der Waals surface area contributed by atoms with Crippen molar-refractivity contribution in [3.63, 3.8) is 0 Å². The molecule has 102 valence electrons. The summed E-state index contributed by atoms with van der Waals surface area (Å²) in [6.45, 7) is 3.77. The van der Waals surface area contributed by atoms with Gasteiger partial charge in [0.05, 0.1) is 18.4 Å². The van der Waals surface area contributed by atoms with Crippen molar-refractivity contribution in [2.75, 3.05) is 26.1 Å². The highest BCUT2D eigenvalue weighted by Crippen LogP contribution is 2.31. The van der Waals surface area contributed by atoms with Crippen LogP contribution in [0.3, 0.4) is 0 Å². The van der Waals surface area contributed by atoms with E-state index in [4.69, 9.17) is 4.74 Å². The van der Waals surface area contributed by atoms with Crippen LogP contribution < -0.4 is 4.90 Å². The molecule has 0 radical (unpaired) electrons. The number of thiazole rings is 1. The molecule has 0 atom stereocenters. The van der Waals surface area contributed by atoms with E-state index in [2.05, 4.69) is 9.97 Å². The van der Waals surface area contributed by atoms with Crippen LogP contribution in [0.1, 0.15) is 21.6 Å². The largest absolute Gasteiger partial charge is 0.465 e. The highest BCUT2D eigenvalue weighted by atomic mass is 32.1. The van der Waals surface area contributed by atoms with Crippen LogP contribution in [0.2, 0.25) is 0 Å². The normalized spacial score (nSPS) is 10.6. The smallest absolute Gasteiger partial charge is 0.339 e. The van der Waals surface area contributed by atoms with Gasteiger partial charge in [-0.05, 0) is 19.4 Å². The van der Waals surface area contributed by atoms with Crippen molar-refractivity contribution in [2.45, 2.75) is 13.8 Å². The lowest BCUT2D eigenvalue weighted by Gasteiger charge is -2.05. The van der Waals surface area contributed by atoms with E-state index < -0.39 is 0 Å². The summed E-state index contributed by atoms with van der Waals surface area (Å²) in [7, 11) is 5.30. The van der Waals surface area contributed by atoms with Gasteiger partial charge in [-0.3, -0.25) is 0 Å². The van der Waals surface area contributed by atoms with Crippen LogP contribution in [0.5, 0.6) is 0 Å². The number of aryl methyl sites for hydroxylation is 1. The van der Waals surface area contributed by atoms with Gasteiger partial charge in [0.15, 0.2) is 5.13 Å². The SMILES string of the molecule is COC(=O)c1c(C)[nH]c(-c2csc(N(C)C)n2)c1C. The molecule has 0 bridgehead atoms. The molecule has 0 aliphatic heterocycles. The first kappa shape index (κ1) is 13.6. The molecule has 0 aliphatic rings. The Morgan fingerprint density at radius 3 is 2.63 bits per heavy atom. The lowest BCUT2D eigenvalue weighted by molar-refractivity contribution is 0.0599. The van der Waals surface area contributed by atoms with Gasteiger partial charge in [0, 0.05) is 25.2 Å². The highest BCUT2D eigenvalue weighted by molar-refractivity contribution is 7.14. The number of aromatic amines is 1. The van der Waals surface area contributed by atoms with Crippen LogP contribution in [0.25, 0.3) is 11.4 Å². The third-order valence-corrected chi connectivity index (χ3v) is 3.97. The third-order valence-electron chi connectivity index (χ3n) is 2.96. The van der Waals surface area contributed by atoms with Crippen molar-refractivity contribution in [3.8, 4) is 11.4 Å². The fourth-order valence-electron chi connectivity index (χ4n) is 2.00. The first-order valence-electron chi connectivity index (χ1n) is 5.86. The number of nitrogens with one attached hydrogen (secondary N) is 1. The summed E-state index contributed by atoms with van der Waals surface area (Å²) in [5.41, 5.74) is 4.00. The van der Waals surface area contributed by atoms with Crippen LogP contribution >= 0.6 is 11.3 Å². The molecule has 0 unspecified atom stereocenters. The average molecular weight is 279 g/mol. The minimum atomic E-state index is -0.319. The molecule has 0 aromatic carbocycles. The first-order chi connectivity index (χ1) is 8.95. The van der Waals surface area contributed by atoms with Gasteiger partial charge in [0.25, 0.3) is 0 Å². The van der Waals surface area contributed by atoms with E-state index in [0.717, 1.165) is 27.8 Å². The molecule has 1 N–H and O–H groups in total. The van der Waals surface area contributed by atoms with Crippen molar-refractivity contribution in [3.05, 3.63) is 22.2 Å². The number of esters is 1. The second-order valence-electron chi connectivity index (χ2n) is 4.53. The molecule has 19 heavy (non-hydrogen) atoms. The quantitative estimate of drug-likeness (QED) is 0.877. The average Bonchev–Trinajstić information content (AvgIpc) is 2.94. The summed E-state index contributed by atoms with van der Waals surface area (Å²) >= 11 is 1.57. The van der Waals surface area contributed by atoms with Crippen LogP contribution in [-0.4, -0.2) is 37.1 Å². The minimum Gasteiger partial charge on any atom is -0.465 e. The summed E-state index contributed by atoms with van der Waals surface area (Å²) in [5, 5.41) is 2.91. The van der Waals surface area contributed by atoms with Crippen LogP contribution in [0.4, 0.5) is 5.13 Å². The van der Waals surface area contributed by atoms with E-state index in [-0.39, 0.29) is 5.97 Å². The fraction of sp³-hybridized carbons (Fsp3) is 0.385. The lowest BCUT2D eigenvalue weighted by atomic mass is 10.1. The maximum Gasteiger partial charge on any atom is 0.339 e. The van der Waals surface area contributed by atoms with Crippen LogP contribution in [0.15, 0.2) is 5.38 Å². The number of anilines is 1. The van der Waals surface area contributed by atoms with E-state index in [9.17, 15) is 4.79 Å². The lowest BCUT2D eigenvalue weighted by Crippen LogP contribution is -2.07. The molecular weight excluding hydrogens is 262 g/mol. The molecular formula is C13H17N3O2S. The summed E-state index contributed by atoms with van der Waals surface area (Å²) < 4.78 is 4.81. The Bertz CT molecular complexity index is 613. The zero-order chi connectivity index (χ0) is 14.2. The van der Waals surface area contributed by atoms with Gasteiger partial charge < -0.3 is 14.6 Å². The van der Waals surface area contributed by atoms with Gasteiger partial charge in [-0.25, -0.2) is 9.78 Å². The summed E-state index contributed by atoms with van der Waals surface area (Å²) in [6, 6.07) is 0. The predicted octanol–water partition coefficient (Wildman–Crippen LogP) is 2.61. The van der Waals surface area contributed by atoms with E-state index in [0.29, 0.717) is 5.56 Å². The predicted molar refractivity (Wildman–Crippen MR) is 77.0 cm³/mol. The molecule has 0 saturated carbocycles. The monoisotopic (exact) mass is 279 g/mol. The fourth-order valence-corrected chi connectivity index (χ4v) is 2.75. The maximum atomic E-state index is 11.7. The van der Waals surface area contributed by atoms with E-state index in [1.165, 1.54) is 7.11 Å². The van der Waals surface area contributed by atoms with Crippen molar-refractivity contribution >= 4 is 22.4 Å². The molecule has 2 aromatic rings. The zero-order valence-electron chi connectivity index (χ0n) is 11.7. The Labute approximate surface area is 116 Å². The van der Waals surface area contributed by atoms with Gasteiger partial charge in [0.2, 0.25) is 0 Å². The first-order valence-corrected chi connectivity index (χ1v) is 6.74. The standard InChI is InChI=1S/C13H17N3O2S/c1-7-10(12(17)18-5)8(2)14-11(7)9-6-19-13(15-9)16(3)4/h6,14H,1-5H3. The number of hydrogen-bond donors (Lipinski definition) is 1. The molecule has 2 aromatic heterocycles. The van der Waals surface area contributed by atoms with Gasteiger partial charge in [-0.15, -0.1) is 11.3 Å². The second-order valence-corrected chi connectivity index (χ2v) is 5.36. The Kier molecular flexibility index (Phi) is 3.61. The summed E-state index contributed by atoms with van der Waals surface area (Å²) in [4.78, 5) is 21.5. The van der Waals surface area contributed by atoms with Crippen molar-refractivity contribution < 1.29 is 9.53 Å². The molecule has 2 heterocycles. The number of ether oxygens (including phenoxy) is 1. The zero-order valence-corrected chi connectivity index (χ0v) is 12.5. The van der Waals surface area contributed by atoms with Gasteiger partial charge in [0.1, 0.15) is 5.69 Å². The number of H-pyrrole nitrogens is 1. The summed E-state index contributed by atoms with van der Waals surface area (Å²) in [6.07, 6.45) is 0. The third kappa shape index (κ3) is 2.35. The topological polar surface area (TPSA) is 58.2 Å². The minimum absolute atomic E-state index is 0.319. The molecule has 0 fully saturated rings. The number of methoxy groups -OCH3 is 1. The number of aromatic nitrogens is 2. The number of hydrogen-bond acceptors (Lipinski definition) is 5. The van der Waals surface area contributed by atoms with E-state index in [1.807, 2.05) is 38.2 Å². The van der Waals surface area contributed by atoms with E-state index in [1.54, 1.807) is 11.3 Å². The Balaban J connectivity index is 2.48. The summed E-state index contributed by atoms with van der Waals surface area (Å²) in [5.74, 6) is -0.319. The van der Waals surface area contributed by atoms with Crippen molar-refractivity contribution in [2.24, 2.45) is 0 Å². The molecule has 0 saturated heterocycles. The molecule has 6 heteroatoms. The molecule has 2 rings (SSSR count). The molecule has 0 aliphatic carbocycles. The van der Waals surface area contributed by atoms with E-state index >= 15 is 0 Å². The molecule has 0 spiro atoms. The number of carbonyl (C=O) groups is 1. The Morgan fingerprint density at radius 2 is 2.11 bits per heavy atom. The van der Waals surface area contributed by atoms with Crippen molar-refractivity contribution in [1.29, 1.82) is 0 Å². The number of rotatable bonds is 3. The Morgan fingerprint density at radius 1 is 1.42 bits per heavy atom. The molecule has 0 amide bonds. The van der Waals surface area contributed by atoms with Crippen molar-refractivity contribution in [1.82, 2.24) is 9.97 Å². The van der Waals surface area contributed by atoms with Gasteiger partial charge >= 0.3 is 5.97 Å². The maximum absolute atomic E-state index is 11.7. The highest BCUT2D eigenvalue weighted by Gasteiger charge is 2.20. The Hall–Kier alpha value is -1.82.